The number of nitrogens with one attached hydrogen (secondary N) is 1. The van der Waals surface area contributed by atoms with E-state index in [0.29, 0.717) is 25.5 Å². The van der Waals surface area contributed by atoms with Crippen LogP contribution in [-0.4, -0.2) is 48.1 Å². The fourth-order valence-corrected chi connectivity index (χ4v) is 2.54. The Hall–Kier alpha value is -0.850. The van der Waals surface area contributed by atoms with Crippen molar-refractivity contribution in [3.8, 4) is 0 Å². The van der Waals surface area contributed by atoms with E-state index < -0.39 is 0 Å². The molecule has 1 aliphatic carbocycles. The predicted molar refractivity (Wildman–Crippen MR) is 67.6 cm³/mol. The van der Waals surface area contributed by atoms with Crippen molar-refractivity contribution in [3.05, 3.63) is 0 Å². The molecule has 1 heterocycles. The van der Waals surface area contributed by atoms with E-state index in [1.165, 1.54) is 0 Å². The Balaban J connectivity index is 1.86. The highest BCUT2D eigenvalue weighted by atomic mass is 16.5. The normalized spacial score (nSPS) is 25.9. The third-order valence-electron chi connectivity index (χ3n) is 4.23. The molecule has 104 valence electrons. The summed E-state index contributed by atoms with van der Waals surface area (Å²) in [5.74, 6) is 0.291. The van der Waals surface area contributed by atoms with Crippen LogP contribution >= 0.6 is 0 Å². The first-order valence-electron chi connectivity index (χ1n) is 6.54. The van der Waals surface area contributed by atoms with Crippen LogP contribution in [0.4, 0.5) is 0 Å². The van der Waals surface area contributed by atoms with E-state index in [2.05, 4.69) is 10.5 Å². The number of hydrogen-bond donors (Lipinski definition) is 4. The summed E-state index contributed by atoms with van der Waals surface area (Å²) in [5.41, 5.74) is 5.49. The third-order valence-corrected chi connectivity index (χ3v) is 4.23. The molecule has 5 N–H and O–H groups in total. The highest BCUT2D eigenvalue weighted by molar-refractivity contribution is 5.80. The SMILES string of the molecule is NC(CC1(CNC2(CO)CCOCC2)CC1)=NO. The molecular formula is C12H23N3O3. The molecule has 0 radical (unpaired) electrons. The van der Waals surface area contributed by atoms with Crippen LogP contribution < -0.4 is 11.1 Å². The van der Waals surface area contributed by atoms with Gasteiger partial charge in [0.1, 0.15) is 5.84 Å². The van der Waals surface area contributed by atoms with Crippen molar-refractivity contribution in [2.24, 2.45) is 16.3 Å². The smallest absolute Gasteiger partial charge is 0.139 e. The van der Waals surface area contributed by atoms with Gasteiger partial charge in [0.05, 0.1) is 6.61 Å². The van der Waals surface area contributed by atoms with Gasteiger partial charge in [-0.1, -0.05) is 5.16 Å². The number of aliphatic hydroxyl groups excluding tert-OH is 1. The molecule has 6 nitrogen and oxygen atoms in total. The number of aliphatic hydroxyl groups is 1. The quantitative estimate of drug-likeness (QED) is 0.233. The van der Waals surface area contributed by atoms with Crippen molar-refractivity contribution in [2.75, 3.05) is 26.4 Å². The summed E-state index contributed by atoms with van der Waals surface area (Å²) < 4.78 is 5.33. The molecule has 0 spiro atoms. The summed E-state index contributed by atoms with van der Waals surface area (Å²) in [6, 6.07) is 0. The first-order chi connectivity index (χ1) is 8.64. The molecule has 0 amide bonds. The maximum absolute atomic E-state index is 9.58. The van der Waals surface area contributed by atoms with E-state index in [0.717, 1.165) is 32.2 Å². The minimum atomic E-state index is -0.209. The van der Waals surface area contributed by atoms with Gasteiger partial charge < -0.3 is 26.1 Å². The number of rotatable bonds is 6. The van der Waals surface area contributed by atoms with E-state index in [4.69, 9.17) is 15.7 Å². The summed E-state index contributed by atoms with van der Waals surface area (Å²) >= 11 is 0. The van der Waals surface area contributed by atoms with Crippen LogP contribution in [-0.2, 0) is 4.74 Å². The van der Waals surface area contributed by atoms with Crippen molar-refractivity contribution in [1.82, 2.24) is 5.32 Å². The van der Waals surface area contributed by atoms with E-state index in [-0.39, 0.29) is 17.6 Å². The number of nitrogens with two attached hydrogens (primary N) is 1. The van der Waals surface area contributed by atoms with Gasteiger partial charge in [0, 0.05) is 31.7 Å². The van der Waals surface area contributed by atoms with Gasteiger partial charge in [0.25, 0.3) is 0 Å². The second-order valence-corrected chi connectivity index (χ2v) is 5.67. The molecule has 2 fully saturated rings. The first kappa shape index (κ1) is 13.6. The Kier molecular flexibility index (Phi) is 4.09. The molecule has 6 heteroatoms. The third kappa shape index (κ3) is 3.13. The van der Waals surface area contributed by atoms with Gasteiger partial charge in [-0.05, 0) is 31.1 Å². The number of hydrogen-bond acceptors (Lipinski definition) is 5. The van der Waals surface area contributed by atoms with Crippen LogP contribution in [0.1, 0.15) is 32.1 Å². The molecule has 0 aromatic carbocycles. The lowest BCUT2D eigenvalue weighted by Gasteiger charge is -2.37. The van der Waals surface area contributed by atoms with Crippen molar-refractivity contribution >= 4 is 5.84 Å². The molecule has 0 atom stereocenters. The zero-order valence-electron chi connectivity index (χ0n) is 10.7. The van der Waals surface area contributed by atoms with Crippen molar-refractivity contribution in [3.63, 3.8) is 0 Å². The average molecular weight is 257 g/mol. The van der Waals surface area contributed by atoms with Crippen LogP contribution in [0, 0.1) is 5.41 Å². The molecular weight excluding hydrogens is 234 g/mol. The summed E-state index contributed by atoms with van der Waals surface area (Å²) in [6.07, 6.45) is 4.48. The van der Waals surface area contributed by atoms with Crippen LogP contribution in [0.3, 0.4) is 0 Å². The monoisotopic (exact) mass is 257 g/mol. The van der Waals surface area contributed by atoms with Crippen LogP contribution in [0.25, 0.3) is 0 Å². The fraction of sp³-hybridized carbons (Fsp3) is 0.917. The van der Waals surface area contributed by atoms with E-state index >= 15 is 0 Å². The lowest BCUT2D eigenvalue weighted by Crippen LogP contribution is -2.54. The van der Waals surface area contributed by atoms with E-state index in [9.17, 15) is 5.11 Å². The lowest BCUT2D eigenvalue weighted by molar-refractivity contribution is 0.00985. The second kappa shape index (κ2) is 5.42. The minimum Gasteiger partial charge on any atom is -0.409 e. The zero-order chi connectivity index (χ0) is 13.1. The fourth-order valence-electron chi connectivity index (χ4n) is 2.54. The summed E-state index contributed by atoms with van der Waals surface area (Å²) in [6.45, 7) is 2.33. The highest BCUT2D eigenvalue weighted by Gasteiger charge is 2.45. The molecule has 0 aromatic heterocycles. The topological polar surface area (TPSA) is 100 Å². The number of nitrogens with zero attached hydrogens (tertiary/aromatic N) is 1. The minimum absolute atomic E-state index is 0.122. The van der Waals surface area contributed by atoms with Crippen LogP contribution in [0.5, 0.6) is 0 Å². The van der Waals surface area contributed by atoms with Crippen molar-refractivity contribution in [2.45, 2.75) is 37.6 Å². The number of oxime groups is 1. The van der Waals surface area contributed by atoms with Crippen molar-refractivity contribution < 1.29 is 15.1 Å². The van der Waals surface area contributed by atoms with Crippen LogP contribution in [0.2, 0.25) is 0 Å². The predicted octanol–water partition coefficient (Wildman–Crippen LogP) is 0.0342. The van der Waals surface area contributed by atoms with Gasteiger partial charge in [0.15, 0.2) is 0 Å². The maximum atomic E-state index is 9.58. The lowest BCUT2D eigenvalue weighted by atomic mass is 9.89. The first-order valence-corrected chi connectivity index (χ1v) is 6.54. The Morgan fingerprint density at radius 1 is 1.28 bits per heavy atom. The molecule has 1 aliphatic heterocycles. The van der Waals surface area contributed by atoms with Gasteiger partial charge in [-0.15, -0.1) is 0 Å². The Labute approximate surface area is 107 Å². The van der Waals surface area contributed by atoms with Gasteiger partial charge in [-0.2, -0.15) is 0 Å². The maximum Gasteiger partial charge on any atom is 0.139 e. The standard InChI is InChI=1S/C12H23N3O3/c13-10(15-17)7-11(1-2-11)8-14-12(9-16)3-5-18-6-4-12/h14,16-17H,1-9H2,(H2,13,15). The number of ether oxygens (including phenoxy) is 1. The summed E-state index contributed by atoms with van der Waals surface area (Å²) in [4.78, 5) is 0. The molecule has 1 saturated heterocycles. The Morgan fingerprint density at radius 2 is 1.94 bits per heavy atom. The van der Waals surface area contributed by atoms with Crippen LogP contribution in [0.15, 0.2) is 5.16 Å². The average Bonchev–Trinajstić information content (AvgIpc) is 3.18. The molecule has 0 aromatic rings. The summed E-state index contributed by atoms with van der Waals surface area (Å²) in [5, 5.41) is 24.7. The zero-order valence-corrected chi connectivity index (χ0v) is 10.7. The van der Waals surface area contributed by atoms with Gasteiger partial charge in [0.2, 0.25) is 0 Å². The van der Waals surface area contributed by atoms with Gasteiger partial charge in [-0.3, -0.25) is 0 Å². The Bertz CT molecular complexity index is 310. The number of amidine groups is 1. The van der Waals surface area contributed by atoms with E-state index in [1.807, 2.05) is 0 Å². The van der Waals surface area contributed by atoms with Crippen molar-refractivity contribution in [1.29, 1.82) is 0 Å². The van der Waals surface area contributed by atoms with Gasteiger partial charge in [-0.25, -0.2) is 0 Å². The highest BCUT2D eigenvalue weighted by Crippen LogP contribution is 2.48. The second-order valence-electron chi connectivity index (χ2n) is 5.67. The van der Waals surface area contributed by atoms with E-state index in [1.54, 1.807) is 0 Å². The molecule has 18 heavy (non-hydrogen) atoms. The largest absolute Gasteiger partial charge is 0.409 e. The summed E-state index contributed by atoms with van der Waals surface area (Å²) in [7, 11) is 0. The molecule has 2 aliphatic rings. The molecule has 0 unspecified atom stereocenters. The van der Waals surface area contributed by atoms with Gasteiger partial charge >= 0.3 is 0 Å². The molecule has 2 rings (SSSR count). The Morgan fingerprint density at radius 3 is 2.44 bits per heavy atom. The molecule has 1 saturated carbocycles. The molecule has 0 bridgehead atoms.